The zero-order valence-corrected chi connectivity index (χ0v) is 7.53. The number of nitrogens with zero attached hydrogens (tertiary/aromatic N) is 2. The van der Waals surface area contributed by atoms with Crippen LogP contribution in [0.4, 0.5) is 4.79 Å². The molecule has 1 atom stereocenters. The Kier molecular flexibility index (Phi) is 2.11. The van der Waals surface area contributed by atoms with Gasteiger partial charge in [-0.1, -0.05) is 0 Å². The highest BCUT2D eigenvalue weighted by atomic mass is 16.2. The van der Waals surface area contributed by atoms with E-state index in [1.54, 1.807) is 0 Å². The molecule has 2 N–H and O–H groups in total. The number of aromatic nitrogens is 1. The van der Waals surface area contributed by atoms with Crippen LogP contribution in [0.2, 0.25) is 0 Å². The lowest BCUT2D eigenvalue weighted by atomic mass is 10.2. The van der Waals surface area contributed by atoms with E-state index >= 15 is 0 Å². The zero-order valence-electron chi connectivity index (χ0n) is 7.53. The van der Waals surface area contributed by atoms with E-state index in [0.717, 1.165) is 5.69 Å². The van der Waals surface area contributed by atoms with Gasteiger partial charge in [0, 0.05) is 18.4 Å². The molecular weight excluding hydrogens is 180 g/mol. The second kappa shape index (κ2) is 3.42. The Morgan fingerprint density at radius 2 is 2.57 bits per heavy atom. The summed E-state index contributed by atoms with van der Waals surface area (Å²) in [6.45, 7) is 0.690. The van der Waals surface area contributed by atoms with E-state index in [9.17, 15) is 4.79 Å². The first kappa shape index (κ1) is 8.63. The number of rotatable bonds is 2. The SMILES string of the molecule is N#CCN1CC(c2ccc[nH]2)NC1=O. The van der Waals surface area contributed by atoms with Crippen LogP contribution in [-0.2, 0) is 0 Å². The van der Waals surface area contributed by atoms with Crippen LogP contribution in [-0.4, -0.2) is 29.0 Å². The Bertz CT molecular complexity index is 365. The zero-order chi connectivity index (χ0) is 9.97. The number of nitriles is 1. The number of hydrogen-bond donors (Lipinski definition) is 2. The number of carbonyl (C=O) groups excluding carboxylic acids is 1. The summed E-state index contributed by atoms with van der Waals surface area (Å²) in [7, 11) is 0. The van der Waals surface area contributed by atoms with Gasteiger partial charge >= 0.3 is 6.03 Å². The van der Waals surface area contributed by atoms with E-state index in [1.807, 2.05) is 24.4 Å². The lowest BCUT2D eigenvalue weighted by Gasteiger charge is -2.08. The molecule has 1 aromatic heterocycles. The summed E-state index contributed by atoms with van der Waals surface area (Å²) in [4.78, 5) is 15.8. The molecule has 0 aromatic carbocycles. The largest absolute Gasteiger partial charge is 0.363 e. The molecule has 1 aliphatic heterocycles. The summed E-state index contributed by atoms with van der Waals surface area (Å²) >= 11 is 0. The average molecular weight is 190 g/mol. The fourth-order valence-corrected chi connectivity index (χ4v) is 1.55. The maximum Gasteiger partial charge on any atom is 0.318 e. The molecule has 5 heteroatoms. The van der Waals surface area contributed by atoms with Gasteiger partial charge in [0.05, 0.1) is 12.1 Å². The molecule has 72 valence electrons. The number of carbonyl (C=O) groups is 1. The van der Waals surface area contributed by atoms with E-state index in [-0.39, 0.29) is 18.6 Å². The van der Waals surface area contributed by atoms with Crippen LogP contribution in [0, 0.1) is 11.3 Å². The molecule has 0 saturated carbocycles. The molecule has 2 heterocycles. The molecule has 2 amide bonds. The van der Waals surface area contributed by atoms with Gasteiger partial charge in [0.2, 0.25) is 0 Å². The van der Waals surface area contributed by atoms with Crippen LogP contribution < -0.4 is 5.32 Å². The van der Waals surface area contributed by atoms with Crippen LogP contribution >= 0.6 is 0 Å². The van der Waals surface area contributed by atoms with Crippen molar-refractivity contribution >= 4 is 6.03 Å². The van der Waals surface area contributed by atoms with E-state index in [1.165, 1.54) is 4.90 Å². The van der Waals surface area contributed by atoms with Crippen molar-refractivity contribution in [2.75, 3.05) is 13.1 Å². The van der Waals surface area contributed by atoms with Crippen LogP contribution in [0.25, 0.3) is 0 Å². The van der Waals surface area contributed by atoms with Crippen molar-refractivity contribution in [2.24, 2.45) is 0 Å². The van der Waals surface area contributed by atoms with Crippen molar-refractivity contribution in [3.8, 4) is 6.07 Å². The molecule has 1 fully saturated rings. The Hall–Kier alpha value is -1.96. The summed E-state index contributed by atoms with van der Waals surface area (Å²) in [6, 6.07) is 5.56. The van der Waals surface area contributed by atoms with Crippen LogP contribution in [0.1, 0.15) is 11.7 Å². The smallest absolute Gasteiger partial charge is 0.318 e. The molecule has 1 aliphatic rings. The number of aromatic amines is 1. The van der Waals surface area contributed by atoms with Gasteiger partial charge in [-0.3, -0.25) is 0 Å². The second-order valence-electron chi connectivity index (χ2n) is 3.17. The predicted octanol–water partition coefficient (Wildman–Crippen LogP) is 0.605. The Balaban J connectivity index is 2.07. The topological polar surface area (TPSA) is 71.9 Å². The third-order valence-electron chi connectivity index (χ3n) is 2.25. The van der Waals surface area contributed by atoms with Gasteiger partial charge in [-0.2, -0.15) is 5.26 Å². The molecule has 0 spiro atoms. The quantitative estimate of drug-likeness (QED) is 0.670. The molecule has 1 saturated heterocycles. The molecule has 0 bridgehead atoms. The Morgan fingerprint density at radius 3 is 3.21 bits per heavy atom. The second-order valence-corrected chi connectivity index (χ2v) is 3.17. The fraction of sp³-hybridized carbons (Fsp3) is 0.333. The minimum Gasteiger partial charge on any atom is -0.363 e. The van der Waals surface area contributed by atoms with Crippen molar-refractivity contribution in [1.82, 2.24) is 15.2 Å². The summed E-state index contributed by atoms with van der Waals surface area (Å²) in [5, 5.41) is 11.3. The van der Waals surface area contributed by atoms with Crippen LogP contribution in [0.5, 0.6) is 0 Å². The van der Waals surface area contributed by atoms with Gasteiger partial charge in [-0.25, -0.2) is 4.79 Å². The third kappa shape index (κ3) is 1.42. The monoisotopic (exact) mass is 190 g/mol. The molecule has 0 radical (unpaired) electrons. The van der Waals surface area contributed by atoms with Crippen molar-refractivity contribution in [3.63, 3.8) is 0 Å². The third-order valence-corrected chi connectivity index (χ3v) is 2.25. The highest BCUT2D eigenvalue weighted by Gasteiger charge is 2.29. The highest BCUT2D eigenvalue weighted by molar-refractivity contribution is 5.77. The van der Waals surface area contributed by atoms with Gasteiger partial charge in [-0.05, 0) is 12.1 Å². The summed E-state index contributed by atoms with van der Waals surface area (Å²) in [6.07, 6.45) is 1.81. The van der Waals surface area contributed by atoms with Crippen molar-refractivity contribution in [1.29, 1.82) is 5.26 Å². The Morgan fingerprint density at radius 1 is 1.71 bits per heavy atom. The number of amides is 2. The van der Waals surface area contributed by atoms with E-state index in [4.69, 9.17) is 5.26 Å². The maximum atomic E-state index is 11.3. The molecule has 5 nitrogen and oxygen atoms in total. The minimum atomic E-state index is -0.175. The molecule has 2 rings (SSSR count). The van der Waals surface area contributed by atoms with E-state index in [2.05, 4.69) is 10.3 Å². The molecular formula is C9H10N4O. The first-order chi connectivity index (χ1) is 6.81. The average Bonchev–Trinajstić information content (AvgIpc) is 2.76. The first-order valence-corrected chi connectivity index (χ1v) is 4.37. The molecule has 14 heavy (non-hydrogen) atoms. The molecule has 1 unspecified atom stereocenters. The van der Waals surface area contributed by atoms with Gasteiger partial charge in [0.15, 0.2) is 0 Å². The fourth-order valence-electron chi connectivity index (χ4n) is 1.55. The first-order valence-electron chi connectivity index (χ1n) is 4.37. The van der Waals surface area contributed by atoms with Crippen LogP contribution in [0.3, 0.4) is 0 Å². The van der Waals surface area contributed by atoms with Crippen molar-refractivity contribution in [2.45, 2.75) is 6.04 Å². The normalized spacial score (nSPS) is 20.6. The highest BCUT2D eigenvalue weighted by Crippen LogP contribution is 2.17. The van der Waals surface area contributed by atoms with Gasteiger partial charge in [0.25, 0.3) is 0 Å². The van der Waals surface area contributed by atoms with Gasteiger partial charge in [-0.15, -0.1) is 0 Å². The molecule has 1 aromatic rings. The number of H-pyrrole nitrogens is 1. The van der Waals surface area contributed by atoms with E-state index < -0.39 is 0 Å². The summed E-state index contributed by atoms with van der Waals surface area (Å²) in [5.41, 5.74) is 0.971. The standard InChI is InChI=1S/C9H10N4O/c10-3-5-13-6-8(12-9(13)14)7-2-1-4-11-7/h1-2,4,8,11H,5-6H2,(H,12,14). The van der Waals surface area contributed by atoms with Crippen molar-refractivity contribution in [3.05, 3.63) is 24.0 Å². The minimum absolute atomic E-state index is 0.0224. The maximum absolute atomic E-state index is 11.3. The number of nitrogens with one attached hydrogen (secondary N) is 2. The van der Waals surface area contributed by atoms with Gasteiger partial charge < -0.3 is 15.2 Å². The Labute approximate surface area is 81.3 Å². The van der Waals surface area contributed by atoms with Crippen LogP contribution in [0.15, 0.2) is 18.3 Å². The summed E-state index contributed by atoms with van der Waals surface area (Å²) in [5.74, 6) is 0. The lowest BCUT2D eigenvalue weighted by molar-refractivity contribution is 0.222. The van der Waals surface area contributed by atoms with Gasteiger partial charge in [0.1, 0.15) is 6.54 Å². The number of urea groups is 1. The molecule has 0 aliphatic carbocycles. The predicted molar refractivity (Wildman–Crippen MR) is 49.3 cm³/mol. The summed E-state index contributed by atoms with van der Waals surface area (Å²) < 4.78 is 0. The lowest BCUT2D eigenvalue weighted by Crippen LogP contribution is -2.28. The van der Waals surface area contributed by atoms with E-state index in [0.29, 0.717) is 6.54 Å². The van der Waals surface area contributed by atoms with Crippen molar-refractivity contribution < 1.29 is 4.79 Å². The number of hydrogen-bond acceptors (Lipinski definition) is 2.